The fourth-order valence-electron chi connectivity index (χ4n) is 1.78. The molecule has 1 aromatic heterocycles. The zero-order valence-electron chi connectivity index (χ0n) is 10.4. The van der Waals surface area contributed by atoms with Crippen LogP contribution in [0.2, 0.25) is 0 Å². The Morgan fingerprint density at radius 1 is 1.35 bits per heavy atom. The monoisotopic (exact) mass is 237 g/mol. The summed E-state index contributed by atoms with van der Waals surface area (Å²) < 4.78 is 14.9. The first-order chi connectivity index (χ1) is 8.02. The van der Waals surface area contributed by atoms with Gasteiger partial charge in [-0.1, -0.05) is 13.8 Å². The summed E-state index contributed by atoms with van der Waals surface area (Å²) in [5.41, 5.74) is 1.14. The second kappa shape index (κ2) is 4.99. The maximum atomic E-state index is 13.5. The Bertz CT molecular complexity index is 558. The first-order valence-corrected chi connectivity index (χ1v) is 5.53. The molecule has 3 nitrogen and oxygen atoms in total. The number of carbonyl (C=O) groups is 1. The average Bonchev–Trinajstić information content (AvgIpc) is 2.64. The van der Waals surface area contributed by atoms with Crippen LogP contribution < -0.4 is 0 Å². The molecule has 17 heavy (non-hydrogen) atoms. The Morgan fingerprint density at radius 3 is 2.47 bits per heavy atom. The van der Waals surface area contributed by atoms with Crippen molar-refractivity contribution in [3.8, 4) is 5.75 Å². The minimum absolute atomic E-state index is 0.174. The van der Waals surface area contributed by atoms with E-state index in [1.165, 1.54) is 23.6 Å². The smallest absolute Gasteiger partial charge is 0.228 e. The molecule has 0 aliphatic heterocycles. The van der Waals surface area contributed by atoms with Gasteiger partial charge in [-0.25, -0.2) is 4.39 Å². The number of aryl methyl sites for hydroxylation is 1. The molecule has 1 N–H and O–H groups in total. The van der Waals surface area contributed by atoms with Crippen LogP contribution in [-0.4, -0.2) is 15.6 Å². The number of hydrogen-bond donors (Lipinski definition) is 1. The van der Waals surface area contributed by atoms with Crippen LogP contribution in [0.3, 0.4) is 0 Å². The van der Waals surface area contributed by atoms with Crippen LogP contribution in [-0.2, 0) is 0 Å². The summed E-state index contributed by atoms with van der Waals surface area (Å²) >= 11 is 0. The molecule has 0 fully saturated rings. The molecule has 0 aliphatic rings. The standard InChI is InChI=1S/C11H10FNO2.C2H6/c1-6-5-8-9(13(6)7(2)14)3-4-10(15)11(8)12;1-2/h3-5,15H,1-2H3;1-2H3. The van der Waals surface area contributed by atoms with Crippen molar-refractivity contribution in [3.05, 3.63) is 29.7 Å². The number of phenols is 1. The Morgan fingerprint density at radius 2 is 1.94 bits per heavy atom. The van der Waals surface area contributed by atoms with Gasteiger partial charge < -0.3 is 5.11 Å². The summed E-state index contributed by atoms with van der Waals surface area (Å²) in [5.74, 6) is -1.26. The van der Waals surface area contributed by atoms with Gasteiger partial charge in [0.25, 0.3) is 0 Å². The lowest BCUT2D eigenvalue weighted by atomic mass is 10.2. The van der Waals surface area contributed by atoms with E-state index in [9.17, 15) is 14.3 Å². The maximum Gasteiger partial charge on any atom is 0.228 e. The zero-order chi connectivity index (χ0) is 13.2. The molecule has 0 saturated heterocycles. The van der Waals surface area contributed by atoms with Gasteiger partial charge in [0.1, 0.15) is 0 Å². The fourth-order valence-corrected chi connectivity index (χ4v) is 1.78. The number of carbonyl (C=O) groups excluding carboxylic acids is 1. The molecule has 2 rings (SSSR count). The number of aromatic nitrogens is 1. The van der Waals surface area contributed by atoms with Gasteiger partial charge in [-0.2, -0.15) is 0 Å². The molecule has 1 heterocycles. The second-order valence-electron chi connectivity index (χ2n) is 3.47. The van der Waals surface area contributed by atoms with Gasteiger partial charge in [-0.15, -0.1) is 0 Å². The largest absolute Gasteiger partial charge is 0.505 e. The summed E-state index contributed by atoms with van der Waals surface area (Å²) in [6.45, 7) is 7.13. The number of halogens is 1. The highest BCUT2D eigenvalue weighted by atomic mass is 19.1. The Balaban J connectivity index is 0.000000686. The lowest BCUT2D eigenvalue weighted by Crippen LogP contribution is -2.06. The Hall–Kier alpha value is -1.84. The third-order valence-electron chi connectivity index (χ3n) is 2.40. The summed E-state index contributed by atoms with van der Waals surface area (Å²) in [7, 11) is 0. The summed E-state index contributed by atoms with van der Waals surface area (Å²) in [5, 5.41) is 9.45. The van der Waals surface area contributed by atoms with Crippen molar-refractivity contribution < 1.29 is 14.3 Å². The predicted octanol–water partition coefficient (Wildman–Crippen LogP) is 3.48. The third kappa shape index (κ3) is 2.16. The highest BCUT2D eigenvalue weighted by molar-refractivity contribution is 5.93. The molecule has 0 spiro atoms. The molecular weight excluding hydrogens is 221 g/mol. The van der Waals surface area contributed by atoms with Gasteiger partial charge in [-0.3, -0.25) is 9.36 Å². The van der Waals surface area contributed by atoms with E-state index < -0.39 is 11.6 Å². The van der Waals surface area contributed by atoms with E-state index >= 15 is 0 Å². The molecule has 92 valence electrons. The van der Waals surface area contributed by atoms with Crippen LogP contribution >= 0.6 is 0 Å². The van der Waals surface area contributed by atoms with Crippen molar-refractivity contribution in [2.45, 2.75) is 27.7 Å². The number of nitrogens with zero attached hydrogens (tertiary/aromatic N) is 1. The van der Waals surface area contributed by atoms with Gasteiger partial charge in [-0.05, 0) is 25.1 Å². The van der Waals surface area contributed by atoms with E-state index in [0.717, 1.165) is 0 Å². The van der Waals surface area contributed by atoms with Crippen molar-refractivity contribution in [1.29, 1.82) is 0 Å². The van der Waals surface area contributed by atoms with E-state index in [2.05, 4.69) is 0 Å². The van der Waals surface area contributed by atoms with Crippen molar-refractivity contribution in [2.24, 2.45) is 0 Å². The Labute approximate surface area is 99.5 Å². The molecule has 0 unspecified atom stereocenters. The summed E-state index contributed by atoms with van der Waals surface area (Å²) in [6.07, 6.45) is 0. The van der Waals surface area contributed by atoms with E-state index in [1.807, 2.05) is 13.8 Å². The van der Waals surface area contributed by atoms with Gasteiger partial charge in [0.2, 0.25) is 5.91 Å². The van der Waals surface area contributed by atoms with Crippen molar-refractivity contribution >= 4 is 16.8 Å². The quantitative estimate of drug-likeness (QED) is 0.762. The predicted molar refractivity (Wildman–Crippen MR) is 65.9 cm³/mol. The van der Waals surface area contributed by atoms with E-state index in [0.29, 0.717) is 11.2 Å². The summed E-state index contributed by atoms with van der Waals surface area (Å²) in [6, 6.07) is 4.32. The van der Waals surface area contributed by atoms with Crippen molar-refractivity contribution in [2.75, 3.05) is 0 Å². The maximum absolute atomic E-state index is 13.5. The van der Waals surface area contributed by atoms with E-state index in [1.54, 1.807) is 13.0 Å². The summed E-state index contributed by atoms with van der Waals surface area (Å²) in [4.78, 5) is 11.3. The molecule has 2 aromatic rings. The molecule has 0 aliphatic carbocycles. The van der Waals surface area contributed by atoms with Crippen LogP contribution in [0.4, 0.5) is 4.39 Å². The second-order valence-corrected chi connectivity index (χ2v) is 3.47. The van der Waals surface area contributed by atoms with E-state index in [4.69, 9.17) is 0 Å². The van der Waals surface area contributed by atoms with E-state index in [-0.39, 0.29) is 11.3 Å². The van der Waals surface area contributed by atoms with Gasteiger partial charge in [0.05, 0.1) is 5.52 Å². The minimum atomic E-state index is -0.685. The molecule has 0 bridgehead atoms. The number of aromatic hydroxyl groups is 1. The number of rotatable bonds is 0. The number of hydrogen-bond acceptors (Lipinski definition) is 2. The SMILES string of the molecule is CC.CC(=O)n1c(C)cc2c(F)c(O)ccc21. The average molecular weight is 237 g/mol. The number of phenolic OH excluding ortho intramolecular Hbond substituents is 1. The first-order valence-electron chi connectivity index (χ1n) is 5.53. The van der Waals surface area contributed by atoms with Crippen LogP contribution in [0.15, 0.2) is 18.2 Å². The van der Waals surface area contributed by atoms with Gasteiger partial charge in [0, 0.05) is 18.0 Å². The van der Waals surface area contributed by atoms with Crippen LogP contribution in [0.1, 0.15) is 31.3 Å². The molecule has 4 heteroatoms. The molecule has 0 atom stereocenters. The minimum Gasteiger partial charge on any atom is -0.505 e. The van der Waals surface area contributed by atoms with Crippen molar-refractivity contribution in [1.82, 2.24) is 4.57 Å². The zero-order valence-corrected chi connectivity index (χ0v) is 10.4. The van der Waals surface area contributed by atoms with Crippen molar-refractivity contribution in [3.63, 3.8) is 0 Å². The first kappa shape index (κ1) is 13.2. The lowest BCUT2D eigenvalue weighted by molar-refractivity contribution is 0.0940. The topological polar surface area (TPSA) is 42.2 Å². The molecule has 0 amide bonds. The fraction of sp³-hybridized carbons (Fsp3) is 0.308. The normalized spacial score (nSPS) is 9.94. The van der Waals surface area contributed by atoms with Crippen LogP contribution in [0, 0.1) is 12.7 Å². The highest BCUT2D eigenvalue weighted by Gasteiger charge is 2.14. The molecule has 0 saturated carbocycles. The van der Waals surface area contributed by atoms with Gasteiger partial charge >= 0.3 is 0 Å². The van der Waals surface area contributed by atoms with Crippen LogP contribution in [0.25, 0.3) is 10.9 Å². The molecule has 0 radical (unpaired) electrons. The number of fused-ring (bicyclic) bond motifs is 1. The lowest BCUT2D eigenvalue weighted by Gasteiger charge is -2.02. The third-order valence-corrected chi connectivity index (χ3v) is 2.40. The Kier molecular flexibility index (Phi) is 3.89. The molecule has 1 aromatic carbocycles. The van der Waals surface area contributed by atoms with Gasteiger partial charge in [0.15, 0.2) is 11.6 Å². The number of benzene rings is 1. The van der Waals surface area contributed by atoms with Crippen LogP contribution in [0.5, 0.6) is 5.75 Å². The molecular formula is C13H16FNO2. The highest BCUT2D eigenvalue weighted by Crippen LogP contribution is 2.27.